The molecule has 0 spiro atoms. The molecule has 1 fully saturated rings. The number of hydrogen-bond donors (Lipinski definition) is 0. The summed E-state index contributed by atoms with van der Waals surface area (Å²) in [6, 6.07) is 17.0. The van der Waals surface area contributed by atoms with Crippen molar-refractivity contribution in [1.29, 1.82) is 0 Å². The fourth-order valence-electron chi connectivity index (χ4n) is 3.72. The van der Waals surface area contributed by atoms with E-state index in [-0.39, 0.29) is 0 Å². The average Bonchev–Trinajstić information content (AvgIpc) is 3.05. The summed E-state index contributed by atoms with van der Waals surface area (Å²) in [5.74, 6) is 1.28. The Kier molecular flexibility index (Phi) is 5.94. The monoisotopic (exact) mass is 408 g/mol. The van der Waals surface area contributed by atoms with Gasteiger partial charge in [-0.05, 0) is 36.7 Å². The van der Waals surface area contributed by atoms with Crippen LogP contribution in [0.3, 0.4) is 0 Å². The second kappa shape index (κ2) is 8.61. The fourth-order valence-corrected chi connectivity index (χ4v) is 4.00. The quantitative estimate of drug-likeness (QED) is 0.569. The predicted molar refractivity (Wildman–Crippen MR) is 119 cm³/mol. The van der Waals surface area contributed by atoms with Gasteiger partial charge in [-0.3, -0.25) is 9.47 Å². The highest BCUT2D eigenvalue weighted by molar-refractivity contribution is 7.71. The van der Waals surface area contributed by atoms with Crippen LogP contribution in [-0.2, 0) is 11.4 Å². The minimum atomic E-state index is 0.390. The van der Waals surface area contributed by atoms with E-state index in [4.69, 9.17) is 22.1 Å². The summed E-state index contributed by atoms with van der Waals surface area (Å²) in [5, 5.41) is 4.97. The molecule has 0 radical (unpaired) electrons. The molecule has 2 aromatic carbocycles. The normalized spacial score (nSPS) is 15.2. The number of morpholine rings is 1. The molecule has 0 amide bonds. The third-order valence-electron chi connectivity index (χ3n) is 5.39. The van der Waals surface area contributed by atoms with Gasteiger partial charge < -0.3 is 4.74 Å². The van der Waals surface area contributed by atoms with Gasteiger partial charge in [-0.25, -0.2) is 4.68 Å². The van der Waals surface area contributed by atoms with E-state index >= 15 is 0 Å². The van der Waals surface area contributed by atoms with E-state index in [1.807, 2.05) is 4.68 Å². The zero-order valence-electron chi connectivity index (χ0n) is 17.3. The van der Waals surface area contributed by atoms with Crippen molar-refractivity contribution in [1.82, 2.24) is 19.2 Å². The lowest BCUT2D eigenvalue weighted by Crippen LogP contribution is -2.37. The molecule has 0 aliphatic carbocycles. The summed E-state index contributed by atoms with van der Waals surface area (Å²) in [5.41, 5.74) is 4.68. The zero-order valence-corrected chi connectivity index (χ0v) is 18.2. The predicted octanol–water partition coefficient (Wildman–Crippen LogP) is 4.79. The molecule has 0 N–H and O–H groups in total. The Morgan fingerprint density at radius 2 is 1.72 bits per heavy atom. The Morgan fingerprint density at radius 1 is 1.03 bits per heavy atom. The number of ether oxygens (including phenoxy) is 1. The van der Waals surface area contributed by atoms with E-state index in [1.54, 1.807) is 0 Å². The molecule has 5 nitrogen and oxygen atoms in total. The Bertz CT molecular complexity index is 1030. The second-order valence-corrected chi connectivity index (χ2v) is 8.26. The molecule has 0 saturated carbocycles. The third-order valence-corrected chi connectivity index (χ3v) is 5.78. The Hall–Kier alpha value is -2.28. The second-order valence-electron chi connectivity index (χ2n) is 7.89. The van der Waals surface area contributed by atoms with Crippen LogP contribution in [0.15, 0.2) is 48.5 Å². The first-order chi connectivity index (χ1) is 14.0. The van der Waals surface area contributed by atoms with Gasteiger partial charge in [0, 0.05) is 18.7 Å². The lowest BCUT2D eigenvalue weighted by molar-refractivity contribution is 0.0210. The minimum Gasteiger partial charge on any atom is -0.379 e. The molecule has 1 aliphatic heterocycles. The van der Waals surface area contributed by atoms with Gasteiger partial charge >= 0.3 is 0 Å². The van der Waals surface area contributed by atoms with Gasteiger partial charge in [-0.2, -0.15) is 0 Å². The lowest BCUT2D eigenvalue weighted by Gasteiger charge is -2.26. The molecule has 2 heterocycles. The zero-order chi connectivity index (χ0) is 20.4. The first kappa shape index (κ1) is 20.0. The van der Waals surface area contributed by atoms with E-state index in [1.165, 1.54) is 11.1 Å². The molecule has 4 rings (SSSR count). The topological polar surface area (TPSA) is 35.2 Å². The summed E-state index contributed by atoms with van der Waals surface area (Å²) in [6.07, 6.45) is 0. The summed E-state index contributed by atoms with van der Waals surface area (Å²) in [7, 11) is 0. The van der Waals surface area contributed by atoms with Gasteiger partial charge in [-0.15, -0.1) is 5.10 Å². The smallest absolute Gasteiger partial charge is 0.204 e. The molecular weight excluding hydrogens is 380 g/mol. The Labute approximate surface area is 177 Å². The van der Waals surface area contributed by atoms with Crippen molar-refractivity contribution in [2.75, 3.05) is 26.3 Å². The number of rotatable bonds is 5. The number of benzene rings is 2. The molecule has 3 aromatic rings. The summed E-state index contributed by atoms with van der Waals surface area (Å²) >= 11 is 5.94. The lowest BCUT2D eigenvalue weighted by atomic mass is 10.0. The average molecular weight is 409 g/mol. The van der Waals surface area contributed by atoms with Crippen molar-refractivity contribution in [3.63, 3.8) is 0 Å². The maximum atomic E-state index is 5.94. The third kappa shape index (κ3) is 4.20. The SMILES string of the molecule is Cc1ccc(-c2nn(CN3CCOCC3)c(=S)n2-c2ccccc2C(C)C)cc1. The molecule has 0 bridgehead atoms. The van der Waals surface area contributed by atoms with Crippen molar-refractivity contribution >= 4 is 12.2 Å². The molecule has 6 heteroatoms. The molecule has 0 atom stereocenters. The van der Waals surface area contributed by atoms with Crippen LogP contribution in [0.1, 0.15) is 30.9 Å². The maximum absolute atomic E-state index is 5.94. The van der Waals surface area contributed by atoms with E-state index in [2.05, 4.69) is 78.8 Å². The van der Waals surface area contributed by atoms with Crippen molar-refractivity contribution in [3.8, 4) is 17.1 Å². The van der Waals surface area contributed by atoms with Crippen molar-refractivity contribution < 1.29 is 4.74 Å². The van der Waals surface area contributed by atoms with Crippen LogP contribution in [0.4, 0.5) is 0 Å². The molecular formula is C23H28N4OS. The number of aryl methyl sites for hydroxylation is 1. The van der Waals surface area contributed by atoms with Crippen LogP contribution >= 0.6 is 12.2 Å². The van der Waals surface area contributed by atoms with Gasteiger partial charge in [-0.1, -0.05) is 61.9 Å². The first-order valence-corrected chi connectivity index (χ1v) is 10.6. The summed E-state index contributed by atoms with van der Waals surface area (Å²) in [6.45, 7) is 10.5. The van der Waals surface area contributed by atoms with Crippen LogP contribution in [0.25, 0.3) is 17.1 Å². The van der Waals surface area contributed by atoms with E-state index < -0.39 is 0 Å². The first-order valence-electron chi connectivity index (χ1n) is 10.2. The van der Waals surface area contributed by atoms with Crippen LogP contribution < -0.4 is 0 Å². The molecule has 1 aliphatic rings. The Balaban J connectivity index is 1.86. The molecule has 0 unspecified atom stereocenters. The minimum absolute atomic E-state index is 0.390. The van der Waals surface area contributed by atoms with Crippen LogP contribution in [0.5, 0.6) is 0 Å². The number of hydrogen-bond acceptors (Lipinski definition) is 4. The maximum Gasteiger partial charge on any atom is 0.204 e. The van der Waals surface area contributed by atoms with Crippen molar-refractivity contribution in [3.05, 3.63) is 64.4 Å². The number of para-hydroxylation sites is 1. The van der Waals surface area contributed by atoms with Gasteiger partial charge in [0.1, 0.15) is 0 Å². The van der Waals surface area contributed by atoms with Crippen LogP contribution in [0.2, 0.25) is 0 Å². The van der Waals surface area contributed by atoms with Gasteiger partial charge in [0.2, 0.25) is 4.77 Å². The number of aromatic nitrogens is 3. The highest BCUT2D eigenvalue weighted by Crippen LogP contribution is 2.28. The van der Waals surface area contributed by atoms with Crippen LogP contribution in [-0.4, -0.2) is 45.6 Å². The Morgan fingerprint density at radius 3 is 2.41 bits per heavy atom. The summed E-state index contributed by atoms with van der Waals surface area (Å²) in [4.78, 5) is 2.34. The van der Waals surface area contributed by atoms with E-state index in [9.17, 15) is 0 Å². The van der Waals surface area contributed by atoms with Crippen molar-refractivity contribution in [2.24, 2.45) is 0 Å². The standard InChI is InChI=1S/C23H28N4OS/c1-17(2)20-6-4-5-7-21(20)27-22(19-10-8-18(3)9-11-19)24-26(23(27)29)16-25-12-14-28-15-13-25/h4-11,17H,12-16H2,1-3H3. The summed E-state index contributed by atoms with van der Waals surface area (Å²) < 4.78 is 10.3. The van der Waals surface area contributed by atoms with Crippen molar-refractivity contribution in [2.45, 2.75) is 33.4 Å². The largest absolute Gasteiger partial charge is 0.379 e. The fraction of sp³-hybridized carbons (Fsp3) is 0.391. The van der Waals surface area contributed by atoms with Gasteiger partial charge in [0.05, 0.1) is 25.6 Å². The number of nitrogens with zero attached hydrogens (tertiary/aromatic N) is 4. The molecule has 1 aromatic heterocycles. The molecule has 152 valence electrons. The highest BCUT2D eigenvalue weighted by Gasteiger charge is 2.20. The molecule has 1 saturated heterocycles. The van der Waals surface area contributed by atoms with E-state index in [0.717, 1.165) is 48.1 Å². The van der Waals surface area contributed by atoms with Crippen LogP contribution in [0, 0.1) is 11.7 Å². The molecule has 29 heavy (non-hydrogen) atoms. The van der Waals surface area contributed by atoms with Gasteiger partial charge in [0.25, 0.3) is 0 Å². The van der Waals surface area contributed by atoms with E-state index in [0.29, 0.717) is 12.6 Å². The van der Waals surface area contributed by atoms with Gasteiger partial charge in [0.15, 0.2) is 5.82 Å². The highest BCUT2D eigenvalue weighted by atomic mass is 32.1.